The predicted molar refractivity (Wildman–Crippen MR) is 78.5 cm³/mol. The predicted octanol–water partition coefficient (Wildman–Crippen LogP) is 2.14. The first-order valence-electron chi connectivity index (χ1n) is 6.51. The van der Waals surface area contributed by atoms with Crippen LogP contribution in [0.4, 0.5) is 5.13 Å². The summed E-state index contributed by atoms with van der Waals surface area (Å²) < 4.78 is 1.61. The Morgan fingerprint density at radius 3 is 3.05 bits per heavy atom. The maximum atomic E-state index is 12.3. The summed E-state index contributed by atoms with van der Waals surface area (Å²) in [5.74, 6) is 0.00524. The molecule has 1 amide bonds. The standard InChI is InChI=1S/C14H15N3O2S/c1-8-3-4-11-9(8)7-10(13(19)17(11)2)12(18)16-14-15-5-6-20-14/h5-8H,3-4H2,1-2H3,(H,15,16,18)/t8-/m0/s1. The second kappa shape index (κ2) is 4.86. The highest BCUT2D eigenvalue weighted by molar-refractivity contribution is 7.13. The average Bonchev–Trinajstić information content (AvgIpc) is 3.04. The fourth-order valence-electron chi connectivity index (χ4n) is 2.66. The van der Waals surface area contributed by atoms with E-state index in [1.807, 2.05) is 0 Å². The van der Waals surface area contributed by atoms with E-state index in [4.69, 9.17) is 0 Å². The molecule has 5 nitrogen and oxygen atoms in total. The Bertz CT molecular complexity index is 719. The largest absolute Gasteiger partial charge is 0.315 e. The van der Waals surface area contributed by atoms with Gasteiger partial charge < -0.3 is 4.57 Å². The molecule has 0 fully saturated rings. The van der Waals surface area contributed by atoms with E-state index in [2.05, 4.69) is 17.2 Å². The Kier molecular flexibility index (Phi) is 3.17. The van der Waals surface area contributed by atoms with E-state index >= 15 is 0 Å². The molecule has 1 aliphatic rings. The van der Waals surface area contributed by atoms with E-state index in [1.165, 1.54) is 11.3 Å². The molecule has 2 aromatic heterocycles. The van der Waals surface area contributed by atoms with Crippen molar-refractivity contribution < 1.29 is 4.79 Å². The highest BCUT2D eigenvalue weighted by atomic mass is 32.1. The van der Waals surface area contributed by atoms with Crippen LogP contribution in [0.5, 0.6) is 0 Å². The Hall–Kier alpha value is -1.95. The summed E-state index contributed by atoms with van der Waals surface area (Å²) in [6, 6.07) is 1.75. The lowest BCUT2D eigenvalue weighted by Gasteiger charge is -2.11. The molecule has 1 atom stereocenters. The first-order chi connectivity index (χ1) is 9.58. The molecule has 2 heterocycles. The lowest BCUT2D eigenvalue weighted by Crippen LogP contribution is -2.29. The zero-order valence-electron chi connectivity index (χ0n) is 11.3. The van der Waals surface area contributed by atoms with Crippen LogP contribution in [0.2, 0.25) is 0 Å². The number of hydrogen-bond acceptors (Lipinski definition) is 4. The summed E-state index contributed by atoms with van der Waals surface area (Å²) in [7, 11) is 1.74. The van der Waals surface area contributed by atoms with Crippen molar-refractivity contribution in [1.29, 1.82) is 0 Å². The van der Waals surface area contributed by atoms with E-state index in [0.717, 1.165) is 24.1 Å². The first-order valence-corrected chi connectivity index (χ1v) is 7.39. The fraction of sp³-hybridized carbons (Fsp3) is 0.357. The number of rotatable bonds is 2. The van der Waals surface area contributed by atoms with Gasteiger partial charge in [0.2, 0.25) is 0 Å². The van der Waals surface area contributed by atoms with Gasteiger partial charge in [0.25, 0.3) is 11.5 Å². The minimum Gasteiger partial charge on any atom is -0.315 e. The van der Waals surface area contributed by atoms with Gasteiger partial charge in [-0.1, -0.05) is 6.92 Å². The molecule has 104 valence electrons. The number of pyridine rings is 1. The summed E-state index contributed by atoms with van der Waals surface area (Å²) >= 11 is 1.33. The SMILES string of the molecule is C[C@H]1CCc2c1cc(C(=O)Nc1nccs1)c(=O)n2C. The second-order valence-electron chi connectivity index (χ2n) is 5.06. The maximum Gasteiger partial charge on any atom is 0.263 e. The van der Waals surface area contributed by atoms with Gasteiger partial charge in [-0.25, -0.2) is 4.98 Å². The molecule has 0 bridgehead atoms. The molecular formula is C14H15N3O2S. The topological polar surface area (TPSA) is 64.0 Å². The first kappa shape index (κ1) is 13.1. The molecule has 1 aliphatic carbocycles. The Balaban J connectivity index is 2.02. The number of anilines is 1. The minimum atomic E-state index is -0.387. The highest BCUT2D eigenvalue weighted by Gasteiger charge is 2.25. The molecule has 3 rings (SSSR count). The lowest BCUT2D eigenvalue weighted by molar-refractivity contribution is 0.102. The quantitative estimate of drug-likeness (QED) is 0.921. The van der Waals surface area contributed by atoms with E-state index in [-0.39, 0.29) is 17.0 Å². The van der Waals surface area contributed by atoms with Crippen LogP contribution in [-0.2, 0) is 13.5 Å². The van der Waals surface area contributed by atoms with Crippen LogP contribution >= 0.6 is 11.3 Å². The van der Waals surface area contributed by atoms with E-state index in [0.29, 0.717) is 11.0 Å². The molecule has 2 aromatic rings. The van der Waals surface area contributed by atoms with Crippen molar-refractivity contribution in [3.05, 3.63) is 44.8 Å². The van der Waals surface area contributed by atoms with Crippen molar-refractivity contribution in [3.8, 4) is 0 Å². The minimum absolute atomic E-state index is 0.190. The summed E-state index contributed by atoms with van der Waals surface area (Å²) in [6.07, 6.45) is 3.54. The van der Waals surface area contributed by atoms with Crippen LogP contribution < -0.4 is 10.9 Å². The molecule has 0 saturated carbocycles. The van der Waals surface area contributed by atoms with Gasteiger partial charge in [0.15, 0.2) is 5.13 Å². The van der Waals surface area contributed by atoms with Crippen LogP contribution in [0.25, 0.3) is 0 Å². The van der Waals surface area contributed by atoms with Crippen molar-refractivity contribution in [1.82, 2.24) is 9.55 Å². The Labute approximate surface area is 120 Å². The van der Waals surface area contributed by atoms with Crippen LogP contribution in [0.1, 0.15) is 40.9 Å². The Morgan fingerprint density at radius 1 is 1.55 bits per heavy atom. The lowest BCUT2D eigenvalue weighted by atomic mass is 10.0. The van der Waals surface area contributed by atoms with Crippen LogP contribution in [0, 0.1) is 0 Å². The van der Waals surface area contributed by atoms with E-state index in [9.17, 15) is 9.59 Å². The van der Waals surface area contributed by atoms with Gasteiger partial charge in [0.1, 0.15) is 5.56 Å². The number of carbonyl (C=O) groups is 1. The van der Waals surface area contributed by atoms with Gasteiger partial charge in [-0.05, 0) is 30.4 Å². The number of aromatic nitrogens is 2. The molecular weight excluding hydrogens is 274 g/mol. The van der Waals surface area contributed by atoms with Crippen molar-refractivity contribution in [2.45, 2.75) is 25.7 Å². The van der Waals surface area contributed by atoms with Crippen molar-refractivity contribution in [3.63, 3.8) is 0 Å². The maximum absolute atomic E-state index is 12.3. The summed E-state index contributed by atoms with van der Waals surface area (Å²) in [5, 5.41) is 4.95. The smallest absolute Gasteiger partial charge is 0.263 e. The third kappa shape index (κ3) is 2.06. The molecule has 0 radical (unpaired) electrons. The van der Waals surface area contributed by atoms with Crippen LogP contribution in [-0.4, -0.2) is 15.5 Å². The number of nitrogens with one attached hydrogen (secondary N) is 1. The number of hydrogen-bond donors (Lipinski definition) is 1. The highest BCUT2D eigenvalue weighted by Crippen LogP contribution is 2.31. The molecule has 0 spiro atoms. The third-order valence-corrected chi connectivity index (χ3v) is 4.50. The zero-order valence-corrected chi connectivity index (χ0v) is 12.2. The second-order valence-corrected chi connectivity index (χ2v) is 5.95. The number of nitrogens with zero attached hydrogens (tertiary/aromatic N) is 2. The normalized spacial score (nSPS) is 17.0. The molecule has 6 heteroatoms. The molecule has 20 heavy (non-hydrogen) atoms. The van der Waals surface area contributed by atoms with Crippen LogP contribution in [0.15, 0.2) is 22.4 Å². The van der Waals surface area contributed by atoms with Crippen molar-refractivity contribution in [2.75, 3.05) is 5.32 Å². The zero-order chi connectivity index (χ0) is 14.3. The van der Waals surface area contributed by atoms with Crippen LogP contribution in [0.3, 0.4) is 0 Å². The van der Waals surface area contributed by atoms with Gasteiger partial charge in [0, 0.05) is 24.3 Å². The summed E-state index contributed by atoms with van der Waals surface area (Å²) in [6.45, 7) is 2.12. The van der Waals surface area contributed by atoms with E-state index in [1.54, 1.807) is 29.3 Å². The number of carbonyl (C=O) groups excluding carboxylic acids is 1. The molecule has 0 unspecified atom stereocenters. The average molecular weight is 289 g/mol. The summed E-state index contributed by atoms with van der Waals surface area (Å²) in [4.78, 5) is 28.5. The molecule has 0 aromatic carbocycles. The van der Waals surface area contributed by atoms with E-state index < -0.39 is 0 Å². The van der Waals surface area contributed by atoms with Gasteiger partial charge in [0.05, 0.1) is 0 Å². The molecule has 0 saturated heterocycles. The van der Waals surface area contributed by atoms with Crippen molar-refractivity contribution >= 4 is 22.4 Å². The number of fused-ring (bicyclic) bond motifs is 1. The fourth-order valence-corrected chi connectivity index (χ4v) is 3.18. The van der Waals surface area contributed by atoms with Gasteiger partial charge >= 0.3 is 0 Å². The number of thiazole rings is 1. The third-order valence-electron chi connectivity index (χ3n) is 3.82. The van der Waals surface area contributed by atoms with Gasteiger partial charge in [-0.3, -0.25) is 14.9 Å². The van der Waals surface area contributed by atoms with Gasteiger partial charge in [-0.2, -0.15) is 0 Å². The van der Waals surface area contributed by atoms with Crippen molar-refractivity contribution in [2.24, 2.45) is 7.05 Å². The number of amides is 1. The Morgan fingerprint density at radius 2 is 2.35 bits per heavy atom. The monoisotopic (exact) mass is 289 g/mol. The molecule has 1 N–H and O–H groups in total. The van der Waals surface area contributed by atoms with Gasteiger partial charge in [-0.15, -0.1) is 11.3 Å². The summed E-state index contributed by atoms with van der Waals surface area (Å²) in [5.41, 5.74) is 2.10. The molecule has 0 aliphatic heterocycles.